The van der Waals surface area contributed by atoms with Crippen LogP contribution in [-0.4, -0.2) is 61.4 Å². The molecule has 0 aromatic carbocycles. The Morgan fingerprint density at radius 2 is 0.379 bits per heavy atom. The van der Waals surface area contributed by atoms with Crippen molar-refractivity contribution in [1.82, 2.24) is 0 Å². The summed E-state index contributed by atoms with van der Waals surface area (Å²) in [6.45, 7) is 0. The minimum Gasteiger partial charge on any atom is -0.822 e. The Kier molecular flexibility index (Phi) is 54.0. The number of hydrogen-bond donors (Lipinski definition) is 9. The summed E-state index contributed by atoms with van der Waals surface area (Å²) in [6.07, 6.45) is 0. The molecule has 0 radical (unpaired) electrons. The first-order valence-electron chi connectivity index (χ1n) is 3.81. The van der Waals surface area contributed by atoms with Gasteiger partial charge in [0.2, 0.25) is 0 Å². The van der Waals surface area contributed by atoms with Crippen LogP contribution < -0.4 is 118 Å². The quantitative estimate of drug-likeness (QED) is 0.0948. The molecule has 20 nitrogen and oxygen atoms in total. The average Bonchev–Trinajstić information content (AvgIpc) is 1.79. The van der Waals surface area contributed by atoms with Crippen LogP contribution >= 0.6 is 39.1 Å². The molecule has 0 rings (SSSR count). The zero-order valence-electron chi connectivity index (χ0n) is 14.3. The largest absolute Gasteiger partial charge is 3.00 e. The van der Waals surface area contributed by atoms with Crippen LogP contribution in [0.4, 0.5) is 0 Å². The first-order chi connectivity index (χ1) is 10.0. The van der Waals surface area contributed by atoms with Crippen molar-refractivity contribution in [2.24, 2.45) is 0 Å². The molecule has 0 aliphatic rings. The van der Waals surface area contributed by atoms with E-state index in [0.717, 1.165) is 0 Å². The molecule has 0 heterocycles. The molecule has 0 aliphatic carbocycles. The van der Waals surface area contributed by atoms with Gasteiger partial charge in [-0.3, -0.25) is 0 Å². The summed E-state index contributed by atoms with van der Waals surface area (Å²) in [7, 11) is -24.7. The zero-order chi connectivity index (χ0) is 22.5. The van der Waals surface area contributed by atoms with Crippen LogP contribution in [0.25, 0.3) is 0 Å². The van der Waals surface area contributed by atoms with Crippen LogP contribution in [0.5, 0.6) is 0 Å². The molecule has 0 spiro atoms. The Morgan fingerprint density at radius 1 is 0.379 bits per heavy atom. The summed E-state index contributed by atoms with van der Waals surface area (Å²) in [5.41, 5.74) is 0. The van der Waals surface area contributed by atoms with E-state index in [1.54, 1.807) is 0 Å². The molecular formula is H9AlNa3O20P5. The number of hydrogen-bond acceptors (Lipinski definition) is 11. The van der Waals surface area contributed by atoms with Crippen molar-refractivity contribution in [3.05, 3.63) is 0 Å². The Labute approximate surface area is 238 Å². The van der Waals surface area contributed by atoms with Crippen molar-refractivity contribution in [3.63, 3.8) is 0 Å². The summed E-state index contributed by atoms with van der Waals surface area (Å²) in [6, 6.07) is 0. The third-order valence-corrected chi connectivity index (χ3v) is 0. The molecule has 0 saturated heterocycles. The smallest absolute Gasteiger partial charge is 0.822 e. The second-order valence-electron chi connectivity index (χ2n) is 2.43. The molecule has 0 amide bonds. The molecule has 0 aromatic rings. The van der Waals surface area contributed by atoms with Crippen molar-refractivity contribution in [2.75, 3.05) is 0 Å². The van der Waals surface area contributed by atoms with Crippen LogP contribution in [0, 0.1) is 0 Å². The van der Waals surface area contributed by atoms with Gasteiger partial charge in [0.25, 0.3) is 0 Å². The Hall–Kier alpha value is 4.08. The van der Waals surface area contributed by atoms with E-state index in [1.807, 2.05) is 0 Å². The van der Waals surface area contributed by atoms with Crippen molar-refractivity contribution in [3.8, 4) is 0 Å². The molecule has 0 unspecified atom stereocenters. The van der Waals surface area contributed by atoms with E-state index in [9.17, 15) is 0 Å². The van der Waals surface area contributed by atoms with Gasteiger partial charge < -0.3 is 82.5 Å². The van der Waals surface area contributed by atoms with Gasteiger partial charge in [0.15, 0.2) is 0 Å². The van der Waals surface area contributed by atoms with E-state index in [-0.39, 0.29) is 106 Å². The summed E-state index contributed by atoms with van der Waals surface area (Å²) in [4.78, 5) is 116. The molecule has 0 fully saturated rings. The van der Waals surface area contributed by atoms with Gasteiger partial charge in [0.05, 0.1) is 0 Å². The van der Waals surface area contributed by atoms with Crippen LogP contribution in [0.15, 0.2) is 0 Å². The van der Waals surface area contributed by atoms with E-state index in [4.69, 9.17) is 96.2 Å². The molecule has 9 N–H and O–H groups in total. The first-order valence-corrected chi connectivity index (χ1v) is 11.4. The molecule has 0 aromatic heterocycles. The van der Waals surface area contributed by atoms with Gasteiger partial charge in [-0.1, -0.05) is 0 Å². The van der Waals surface area contributed by atoms with Gasteiger partial charge in [0.1, 0.15) is 0 Å². The second-order valence-corrected chi connectivity index (χ2v) is 7.30. The van der Waals surface area contributed by atoms with Crippen molar-refractivity contribution in [1.29, 1.82) is 0 Å². The summed E-state index contributed by atoms with van der Waals surface area (Å²) in [5.74, 6) is 0. The standard InChI is InChI=1S/Al.3Na.5H3O4P/c;;;;5*1-5(2,3)4/h;;;;5*(H3,1,2,3,4)/q+3;3*+1;;;;;/p-6. The summed E-state index contributed by atoms with van der Waals surface area (Å²) < 4.78 is 43.7. The maximum Gasteiger partial charge on any atom is 3.00 e. The van der Waals surface area contributed by atoms with Gasteiger partial charge in [-0.15, -0.1) is 0 Å². The number of rotatable bonds is 0. The monoisotopic (exact) mass is 580 g/mol. The van der Waals surface area contributed by atoms with E-state index < -0.39 is 39.1 Å². The molecule has 0 bridgehead atoms. The predicted octanol–water partition coefficient (Wildman–Crippen LogP) is -17.8. The summed E-state index contributed by atoms with van der Waals surface area (Å²) >= 11 is 0. The average molecular weight is 580 g/mol. The molecule has 160 valence electrons. The molecule has 0 atom stereocenters. The maximum atomic E-state index is 8.88. The van der Waals surface area contributed by atoms with Gasteiger partial charge in [-0.25, -0.2) is 13.7 Å². The van der Waals surface area contributed by atoms with Crippen LogP contribution in [0.2, 0.25) is 0 Å². The Bertz CT molecular complexity index is 385. The fourth-order valence-corrected chi connectivity index (χ4v) is 0. The SMILES string of the molecule is O=P(O)(O)O.O=P(O)(O)O.O=P(O)(O)O.O=P([O-])([O-])[O-].O=P([O-])([O-])[O-].[Al+3].[Na+].[Na+].[Na+]. The molecule has 29 heavy (non-hydrogen) atoms. The minimum absolute atomic E-state index is 0. The van der Waals surface area contributed by atoms with Gasteiger partial charge >= 0.3 is 130 Å². The number of phosphoric acid groups is 5. The molecule has 0 aliphatic heterocycles. The molecule has 0 saturated carbocycles. The van der Waals surface area contributed by atoms with Crippen LogP contribution in [-0.2, 0) is 22.8 Å². The topological polar surface area (TPSA) is 406 Å². The fourth-order valence-electron chi connectivity index (χ4n) is 0. The first kappa shape index (κ1) is 58.7. The van der Waals surface area contributed by atoms with Crippen molar-refractivity contribution in [2.45, 2.75) is 0 Å². The van der Waals surface area contributed by atoms with E-state index in [1.165, 1.54) is 0 Å². The van der Waals surface area contributed by atoms with Crippen LogP contribution in [0.3, 0.4) is 0 Å². The van der Waals surface area contributed by atoms with Crippen molar-refractivity contribution < 1.29 is 185 Å². The van der Waals surface area contributed by atoms with Gasteiger partial charge in [-0.05, 0) is 0 Å². The third-order valence-electron chi connectivity index (χ3n) is 0. The Morgan fingerprint density at radius 3 is 0.379 bits per heavy atom. The maximum absolute atomic E-state index is 8.88. The second kappa shape index (κ2) is 26.7. The third kappa shape index (κ3) is 1740. The van der Waals surface area contributed by atoms with E-state index in [2.05, 4.69) is 0 Å². The zero-order valence-corrected chi connectivity index (χ0v) is 26.0. The van der Waals surface area contributed by atoms with Crippen LogP contribution in [0.1, 0.15) is 0 Å². The Balaban J connectivity index is -0.0000000238. The van der Waals surface area contributed by atoms with E-state index >= 15 is 0 Å². The van der Waals surface area contributed by atoms with Gasteiger partial charge in [0, 0.05) is 0 Å². The van der Waals surface area contributed by atoms with E-state index in [0.29, 0.717) is 0 Å². The minimum atomic E-state index is -5.39. The fraction of sp³-hybridized carbons (Fsp3) is 0. The van der Waals surface area contributed by atoms with Crippen molar-refractivity contribution >= 4 is 56.5 Å². The van der Waals surface area contributed by atoms with Gasteiger partial charge in [-0.2, -0.15) is 15.6 Å². The summed E-state index contributed by atoms with van der Waals surface area (Å²) in [5, 5.41) is 0. The normalized spacial score (nSPS) is 10.2. The predicted molar refractivity (Wildman–Crippen MR) is 63.8 cm³/mol. The molecular weight excluding hydrogens is 571 g/mol. The molecule has 29 heteroatoms.